The van der Waals surface area contributed by atoms with E-state index in [9.17, 15) is 29.1 Å². The molecular formula is C16H30N8O7. The number of guanidine groups is 1. The third-order valence-corrected chi connectivity index (χ3v) is 3.72. The van der Waals surface area contributed by atoms with Crippen LogP contribution < -0.4 is 38.5 Å². The number of carboxylic acids is 1. The minimum atomic E-state index is -1.55. The number of aliphatic hydroxyl groups excluding tert-OH is 1. The third kappa shape index (κ3) is 12.7. The Labute approximate surface area is 178 Å². The van der Waals surface area contributed by atoms with Crippen LogP contribution >= 0.6 is 0 Å². The maximum Gasteiger partial charge on any atom is 0.328 e. The molecule has 0 radical (unpaired) electrons. The Kier molecular flexibility index (Phi) is 12.9. The summed E-state index contributed by atoms with van der Waals surface area (Å²) in [6, 6.07) is -2.64. The number of nitrogens with two attached hydrogens (primary N) is 3. The first-order valence-electron chi connectivity index (χ1n) is 9.27. The van der Waals surface area contributed by atoms with E-state index in [1.165, 1.54) is 6.92 Å². The predicted octanol–water partition coefficient (Wildman–Crippen LogP) is -5.33. The third-order valence-electron chi connectivity index (χ3n) is 3.72. The maximum absolute atomic E-state index is 12.4. The van der Waals surface area contributed by atoms with Crippen molar-refractivity contribution >= 4 is 35.6 Å². The Balaban J connectivity index is 4.87. The highest BCUT2D eigenvalue weighted by atomic mass is 16.4. The van der Waals surface area contributed by atoms with E-state index < -0.39 is 60.9 Å². The molecule has 0 bridgehead atoms. The summed E-state index contributed by atoms with van der Waals surface area (Å²) in [6.07, 6.45) is -0.948. The lowest BCUT2D eigenvalue weighted by molar-refractivity contribution is -0.144. The Morgan fingerprint density at radius 2 is 1.55 bits per heavy atom. The number of aliphatic hydroxyl groups is 1. The lowest BCUT2D eigenvalue weighted by Gasteiger charge is -2.20. The molecule has 0 aromatic carbocycles. The maximum atomic E-state index is 12.4. The summed E-state index contributed by atoms with van der Waals surface area (Å²) in [4.78, 5) is 62.1. The summed E-state index contributed by atoms with van der Waals surface area (Å²) in [5.41, 5.74) is 15.6. The van der Waals surface area contributed by atoms with Crippen LogP contribution in [0.4, 0.5) is 0 Å². The van der Waals surface area contributed by atoms with Gasteiger partial charge >= 0.3 is 5.97 Å². The standard InChI is InChI=1S/C16H30N8O7/c1-8(25)13(15(30)31)24-12(28)7-22-14(29)9(3-2-4-20-16(18)19)23-11(27)6-21-10(26)5-17/h8-9,13,25H,2-7,17H2,1H3,(H,21,26)(H,22,29)(H,23,27)(H,24,28)(H,30,31)(H4,18,19,20)/t8-,9+,13+/m1/s1. The molecule has 0 aromatic heterocycles. The van der Waals surface area contributed by atoms with Gasteiger partial charge in [-0.1, -0.05) is 0 Å². The van der Waals surface area contributed by atoms with Crippen LogP contribution in [-0.2, 0) is 24.0 Å². The molecule has 15 heteroatoms. The second-order valence-electron chi connectivity index (χ2n) is 6.39. The van der Waals surface area contributed by atoms with E-state index in [-0.39, 0.29) is 25.5 Å². The number of amides is 4. The summed E-state index contributed by atoms with van der Waals surface area (Å²) in [6.45, 7) is 0.0430. The topological polar surface area (TPSA) is 264 Å². The number of carbonyl (C=O) groups is 5. The Bertz CT molecular complexity index is 679. The smallest absolute Gasteiger partial charge is 0.328 e. The van der Waals surface area contributed by atoms with Gasteiger partial charge in [0.15, 0.2) is 12.0 Å². The molecule has 0 aromatic rings. The molecule has 0 spiro atoms. The number of rotatable bonds is 14. The molecule has 0 saturated carbocycles. The number of aliphatic carboxylic acids is 1. The second kappa shape index (κ2) is 14.5. The van der Waals surface area contributed by atoms with Gasteiger partial charge < -0.3 is 48.7 Å². The predicted molar refractivity (Wildman–Crippen MR) is 108 cm³/mol. The van der Waals surface area contributed by atoms with Gasteiger partial charge in [-0.3, -0.25) is 24.2 Å². The fourth-order valence-electron chi connectivity index (χ4n) is 2.17. The van der Waals surface area contributed by atoms with Gasteiger partial charge in [-0.15, -0.1) is 0 Å². The van der Waals surface area contributed by atoms with E-state index in [0.29, 0.717) is 6.42 Å². The first kappa shape index (κ1) is 27.5. The van der Waals surface area contributed by atoms with Gasteiger partial charge in [0.05, 0.1) is 25.7 Å². The summed E-state index contributed by atoms with van der Waals surface area (Å²) >= 11 is 0. The van der Waals surface area contributed by atoms with E-state index in [1.807, 2.05) is 0 Å². The molecule has 0 rings (SSSR count). The zero-order valence-corrected chi connectivity index (χ0v) is 17.1. The lowest BCUT2D eigenvalue weighted by Crippen LogP contribution is -2.53. The molecule has 0 aliphatic heterocycles. The largest absolute Gasteiger partial charge is 0.480 e. The molecule has 3 atom stereocenters. The number of carboxylic acid groups (broad SMARTS) is 1. The van der Waals surface area contributed by atoms with E-state index in [2.05, 4.69) is 26.3 Å². The summed E-state index contributed by atoms with van der Waals surface area (Å²) < 4.78 is 0. The molecular weight excluding hydrogens is 416 g/mol. The summed E-state index contributed by atoms with van der Waals surface area (Å²) in [5.74, 6) is -4.42. The van der Waals surface area contributed by atoms with Gasteiger partial charge in [0.2, 0.25) is 23.6 Å². The molecule has 176 valence electrons. The van der Waals surface area contributed by atoms with Crippen LogP contribution in [0.1, 0.15) is 19.8 Å². The molecule has 12 N–H and O–H groups in total. The number of hydrogen-bond donors (Lipinski definition) is 9. The summed E-state index contributed by atoms with van der Waals surface area (Å²) in [5, 5.41) is 27.3. The number of nitrogens with zero attached hydrogens (tertiary/aromatic N) is 1. The average Bonchev–Trinajstić information content (AvgIpc) is 2.69. The van der Waals surface area contributed by atoms with Gasteiger partial charge in [-0.05, 0) is 19.8 Å². The van der Waals surface area contributed by atoms with Crippen molar-refractivity contribution < 1.29 is 34.2 Å². The van der Waals surface area contributed by atoms with Crippen LogP contribution in [0.3, 0.4) is 0 Å². The number of carbonyl (C=O) groups excluding carboxylic acids is 4. The fourth-order valence-corrected chi connectivity index (χ4v) is 2.17. The first-order valence-corrected chi connectivity index (χ1v) is 9.27. The van der Waals surface area contributed by atoms with Crippen LogP contribution in [0.2, 0.25) is 0 Å². The van der Waals surface area contributed by atoms with Crippen molar-refractivity contribution in [2.45, 2.75) is 38.0 Å². The van der Waals surface area contributed by atoms with Gasteiger partial charge in [-0.25, -0.2) is 4.79 Å². The minimum absolute atomic E-state index is 0.103. The molecule has 0 fully saturated rings. The minimum Gasteiger partial charge on any atom is -0.480 e. The van der Waals surface area contributed by atoms with Crippen molar-refractivity contribution in [3.05, 3.63) is 0 Å². The quantitative estimate of drug-likeness (QED) is 0.0694. The molecule has 15 nitrogen and oxygen atoms in total. The van der Waals surface area contributed by atoms with Gasteiger partial charge in [0, 0.05) is 6.54 Å². The Hall–Kier alpha value is -3.46. The number of nitrogens with one attached hydrogen (secondary N) is 4. The Morgan fingerprint density at radius 3 is 2.06 bits per heavy atom. The van der Waals surface area contributed by atoms with Crippen molar-refractivity contribution in [2.24, 2.45) is 22.2 Å². The zero-order valence-electron chi connectivity index (χ0n) is 17.1. The first-order chi connectivity index (χ1) is 14.5. The average molecular weight is 446 g/mol. The van der Waals surface area contributed by atoms with Crippen molar-refractivity contribution in [3.8, 4) is 0 Å². The van der Waals surface area contributed by atoms with Crippen molar-refractivity contribution in [1.29, 1.82) is 0 Å². The molecule has 0 saturated heterocycles. The van der Waals surface area contributed by atoms with Gasteiger partial charge in [-0.2, -0.15) is 0 Å². The van der Waals surface area contributed by atoms with Crippen LogP contribution in [0.25, 0.3) is 0 Å². The fraction of sp³-hybridized carbons (Fsp3) is 0.625. The lowest BCUT2D eigenvalue weighted by atomic mass is 10.1. The summed E-state index contributed by atoms with van der Waals surface area (Å²) in [7, 11) is 0. The SMILES string of the molecule is C[C@@H](O)[C@H](NC(=O)CNC(=O)[C@H](CCCN=C(N)N)NC(=O)CNC(=O)CN)C(=O)O. The highest BCUT2D eigenvalue weighted by Gasteiger charge is 2.26. The molecule has 4 amide bonds. The van der Waals surface area contributed by atoms with E-state index in [4.69, 9.17) is 22.3 Å². The molecule has 0 aliphatic carbocycles. The van der Waals surface area contributed by atoms with Crippen molar-refractivity contribution in [1.82, 2.24) is 21.3 Å². The van der Waals surface area contributed by atoms with Crippen LogP contribution in [-0.4, -0.2) is 90.1 Å². The highest BCUT2D eigenvalue weighted by Crippen LogP contribution is 1.99. The number of aliphatic imine (C=N–C) groups is 1. The van der Waals surface area contributed by atoms with Crippen LogP contribution in [0, 0.1) is 0 Å². The Morgan fingerprint density at radius 1 is 0.968 bits per heavy atom. The highest BCUT2D eigenvalue weighted by molar-refractivity contribution is 5.92. The molecule has 0 unspecified atom stereocenters. The molecule has 0 heterocycles. The van der Waals surface area contributed by atoms with E-state index in [1.54, 1.807) is 0 Å². The van der Waals surface area contributed by atoms with E-state index >= 15 is 0 Å². The number of hydrogen-bond acceptors (Lipinski definition) is 8. The monoisotopic (exact) mass is 446 g/mol. The normalized spacial score (nSPS) is 13.1. The van der Waals surface area contributed by atoms with Gasteiger partial charge in [0.25, 0.3) is 0 Å². The van der Waals surface area contributed by atoms with Crippen LogP contribution in [0.15, 0.2) is 4.99 Å². The molecule has 31 heavy (non-hydrogen) atoms. The van der Waals surface area contributed by atoms with Crippen LogP contribution in [0.5, 0.6) is 0 Å². The second-order valence-corrected chi connectivity index (χ2v) is 6.39. The van der Waals surface area contributed by atoms with Crippen molar-refractivity contribution in [2.75, 3.05) is 26.2 Å². The van der Waals surface area contributed by atoms with Gasteiger partial charge in [0.1, 0.15) is 6.04 Å². The molecule has 0 aliphatic rings. The van der Waals surface area contributed by atoms with Crippen molar-refractivity contribution in [3.63, 3.8) is 0 Å². The zero-order chi connectivity index (χ0) is 24.0. The van der Waals surface area contributed by atoms with E-state index in [0.717, 1.165) is 0 Å².